The average molecular weight is 298 g/mol. The van der Waals surface area contributed by atoms with Crippen molar-refractivity contribution in [3.05, 3.63) is 29.0 Å². The first-order valence-corrected chi connectivity index (χ1v) is 7.95. The molecule has 1 fully saturated rings. The van der Waals surface area contributed by atoms with Gasteiger partial charge in [-0.3, -0.25) is 0 Å². The van der Waals surface area contributed by atoms with Crippen molar-refractivity contribution >= 4 is 17.3 Å². The van der Waals surface area contributed by atoms with Crippen LogP contribution in [0.3, 0.4) is 0 Å². The van der Waals surface area contributed by atoms with Gasteiger partial charge in [-0.15, -0.1) is 0 Å². The molecule has 1 aromatic carbocycles. The zero-order valence-corrected chi connectivity index (χ0v) is 13.4. The summed E-state index contributed by atoms with van der Waals surface area (Å²) < 4.78 is 13.5. The van der Waals surface area contributed by atoms with E-state index in [2.05, 4.69) is 26.1 Å². The Balaban J connectivity index is 1.95. The molecular formula is C17H25ClFN. The molecule has 112 valence electrons. The maximum absolute atomic E-state index is 13.5. The lowest BCUT2D eigenvalue weighted by molar-refractivity contribution is 0.214. The predicted octanol–water partition coefficient (Wildman–Crippen LogP) is 5.89. The highest BCUT2D eigenvalue weighted by Crippen LogP contribution is 2.37. The van der Waals surface area contributed by atoms with E-state index < -0.39 is 0 Å². The van der Waals surface area contributed by atoms with Crippen LogP contribution in [0.5, 0.6) is 0 Å². The molecule has 2 unspecified atom stereocenters. The van der Waals surface area contributed by atoms with Gasteiger partial charge in [-0.25, -0.2) is 4.39 Å². The van der Waals surface area contributed by atoms with Crippen LogP contribution < -0.4 is 5.32 Å². The summed E-state index contributed by atoms with van der Waals surface area (Å²) in [5.74, 6) is 0.439. The molecule has 1 aliphatic carbocycles. The Morgan fingerprint density at radius 3 is 2.55 bits per heavy atom. The molecule has 0 heterocycles. The largest absolute Gasteiger partial charge is 0.382 e. The summed E-state index contributed by atoms with van der Waals surface area (Å²) in [5, 5.41) is 3.65. The molecular weight excluding hydrogens is 273 g/mol. The van der Waals surface area contributed by atoms with Crippen LogP contribution in [0, 0.1) is 17.2 Å². The summed E-state index contributed by atoms with van der Waals surface area (Å²) in [6.45, 7) is 7.00. The fourth-order valence-electron chi connectivity index (χ4n) is 3.13. The topological polar surface area (TPSA) is 12.0 Å². The van der Waals surface area contributed by atoms with Gasteiger partial charge < -0.3 is 5.32 Å². The summed E-state index contributed by atoms with van der Waals surface area (Å²) in [7, 11) is 0. The van der Waals surface area contributed by atoms with Gasteiger partial charge in [0.25, 0.3) is 0 Å². The van der Waals surface area contributed by atoms with Crippen LogP contribution in [0.4, 0.5) is 10.1 Å². The van der Waals surface area contributed by atoms with Crippen LogP contribution in [0.15, 0.2) is 18.2 Å². The van der Waals surface area contributed by atoms with Gasteiger partial charge in [-0.05, 0) is 55.2 Å². The summed E-state index contributed by atoms with van der Waals surface area (Å²) >= 11 is 5.72. The van der Waals surface area contributed by atoms with Crippen molar-refractivity contribution in [3.63, 3.8) is 0 Å². The monoisotopic (exact) mass is 297 g/mol. The van der Waals surface area contributed by atoms with E-state index in [1.165, 1.54) is 25.3 Å². The van der Waals surface area contributed by atoms with E-state index in [0.717, 1.165) is 24.4 Å². The number of hydrogen-bond donors (Lipinski definition) is 1. The Kier molecular flexibility index (Phi) is 4.95. The normalized spacial score (nSPS) is 24.2. The zero-order chi connectivity index (χ0) is 14.8. The number of benzene rings is 1. The molecule has 1 nitrogen and oxygen atoms in total. The van der Waals surface area contributed by atoms with Gasteiger partial charge in [0, 0.05) is 11.7 Å². The third-order valence-corrected chi connectivity index (χ3v) is 4.79. The van der Waals surface area contributed by atoms with Crippen molar-refractivity contribution in [1.82, 2.24) is 0 Å². The second kappa shape index (κ2) is 6.34. The SMILES string of the molecule is CC(C)(C)C1CCCC(Nc2ccc(Cl)c(F)c2)CC1. The molecule has 0 spiro atoms. The van der Waals surface area contributed by atoms with Crippen molar-refractivity contribution in [3.8, 4) is 0 Å². The first-order valence-electron chi connectivity index (χ1n) is 7.58. The lowest BCUT2D eigenvalue weighted by Gasteiger charge is -2.29. The lowest BCUT2D eigenvalue weighted by Crippen LogP contribution is -2.21. The first-order chi connectivity index (χ1) is 9.36. The van der Waals surface area contributed by atoms with Crippen molar-refractivity contribution in [1.29, 1.82) is 0 Å². The molecule has 1 N–H and O–H groups in total. The molecule has 0 radical (unpaired) electrons. The van der Waals surface area contributed by atoms with Crippen LogP contribution in [-0.4, -0.2) is 6.04 Å². The number of hydrogen-bond acceptors (Lipinski definition) is 1. The molecule has 1 saturated carbocycles. The van der Waals surface area contributed by atoms with Gasteiger partial charge in [0.2, 0.25) is 0 Å². The van der Waals surface area contributed by atoms with Crippen LogP contribution >= 0.6 is 11.6 Å². The Bertz CT molecular complexity index is 453. The van der Waals surface area contributed by atoms with Gasteiger partial charge >= 0.3 is 0 Å². The lowest BCUT2D eigenvalue weighted by atomic mass is 9.76. The fourth-order valence-corrected chi connectivity index (χ4v) is 3.25. The highest BCUT2D eigenvalue weighted by molar-refractivity contribution is 6.30. The Morgan fingerprint density at radius 1 is 1.15 bits per heavy atom. The van der Waals surface area contributed by atoms with Crippen molar-refractivity contribution in [2.24, 2.45) is 11.3 Å². The summed E-state index contributed by atoms with van der Waals surface area (Å²) in [6.07, 6.45) is 6.12. The molecule has 2 atom stereocenters. The maximum atomic E-state index is 13.5. The zero-order valence-electron chi connectivity index (χ0n) is 12.7. The standard InChI is InChI=1S/C17H25ClFN/c1-17(2,3)12-5-4-6-13(8-7-12)20-14-9-10-15(18)16(19)11-14/h9-13,20H,4-8H2,1-3H3. The summed E-state index contributed by atoms with van der Waals surface area (Å²) in [4.78, 5) is 0. The molecule has 3 heteroatoms. The summed E-state index contributed by atoms with van der Waals surface area (Å²) in [5.41, 5.74) is 1.23. The minimum atomic E-state index is -0.349. The number of halogens is 2. The first kappa shape index (κ1) is 15.6. The molecule has 0 aromatic heterocycles. The van der Waals surface area contributed by atoms with E-state index in [4.69, 9.17) is 11.6 Å². The van der Waals surface area contributed by atoms with E-state index in [1.807, 2.05) is 6.07 Å². The molecule has 0 bridgehead atoms. The van der Waals surface area contributed by atoms with Crippen LogP contribution in [0.1, 0.15) is 52.9 Å². The molecule has 0 aliphatic heterocycles. The molecule has 0 amide bonds. The van der Waals surface area contributed by atoms with E-state index >= 15 is 0 Å². The Labute approximate surface area is 126 Å². The highest BCUT2D eigenvalue weighted by atomic mass is 35.5. The average Bonchev–Trinajstić information content (AvgIpc) is 2.59. The van der Waals surface area contributed by atoms with Crippen LogP contribution in [-0.2, 0) is 0 Å². The Morgan fingerprint density at radius 2 is 1.90 bits per heavy atom. The third kappa shape index (κ3) is 4.12. The van der Waals surface area contributed by atoms with E-state index in [9.17, 15) is 4.39 Å². The predicted molar refractivity (Wildman–Crippen MR) is 84.9 cm³/mol. The van der Waals surface area contributed by atoms with Crippen molar-refractivity contribution in [2.75, 3.05) is 5.32 Å². The number of rotatable bonds is 2. The quantitative estimate of drug-likeness (QED) is 0.672. The van der Waals surface area contributed by atoms with Gasteiger partial charge in [0.05, 0.1) is 5.02 Å². The highest BCUT2D eigenvalue weighted by Gasteiger charge is 2.27. The smallest absolute Gasteiger partial charge is 0.143 e. The van der Waals surface area contributed by atoms with Gasteiger partial charge in [-0.2, -0.15) is 0 Å². The maximum Gasteiger partial charge on any atom is 0.143 e. The minimum absolute atomic E-state index is 0.184. The van der Waals surface area contributed by atoms with Crippen LogP contribution in [0.25, 0.3) is 0 Å². The number of anilines is 1. The Hall–Kier alpha value is -0.760. The van der Waals surface area contributed by atoms with Crippen LogP contribution in [0.2, 0.25) is 5.02 Å². The number of nitrogens with one attached hydrogen (secondary N) is 1. The fraction of sp³-hybridized carbons (Fsp3) is 0.647. The molecule has 20 heavy (non-hydrogen) atoms. The summed E-state index contributed by atoms with van der Waals surface area (Å²) in [6, 6.07) is 5.42. The van der Waals surface area contributed by atoms with Gasteiger partial charge in [0.15, 0.2) is 0 Å². The molecule has 1 aliphatic rings. The van der Waals surface area contributed by atoms with E-state index in [1.54, 1.807) is 6.07 Å². The van der Waals surface area contributed by atoms with Crippen molar-refractivity contribution in [2.45, 2.75) is 58.9 Å². The second-order valence-corrected chi connectivity index (χ2v) is 7.45. The van der Waals surface area contributed by atoms with E-state index in [-0.39, 0.29) is 10.8 Å². The second-order valence-electron chi connectivity index (χ2n) is 7.04. The molecule has 0 saturated heterocycles. The molecule has 1 aromatic rings. The third-order valence-electron chi connectivity index (χ3n) is 4.48. The van der Waals surface area contributed by atoms with Crippen molar-refractivity contribution < 1.29 is 4.39 Å². The van der Waals surface area contributed by atoms with Gasteiger partial charge in [0.1, 0.15) is 5.82 Å². The minimum Gasteiger partial charge on any atom is -0.382 e. The molecule has 2 rings (SSSR count). The van der Waals surface area contributed by atoms with Gasteiger partial charge in [-0.1, -0.05) is 38.8 Å². The van der Waals surface area contributed by atoms with E-state index in [0.29, 0.717) is 11.5 Å².